The van der Waals surface area contributed by atoms with Crippen molar-refractivity contribution in [1.29, 1.82) is 0 Å². The van der Waals surface area contributed by atoms with E-state index in [0.717, 1.165) is 6.07 Å². The van der Waals surface area contributed by atoms with Crippen molar-refractivity contribution in [2.75, 3.05) is 0 Å². The van der Waals surface area contributed by atoms with Crippen LogP contribution in [0.1, 0.15) is 22.8 Å². The number of hydrogen-bond acceptors (Lipinski definition) is 3. The van der Waals surface area contributed by atoms with Crippen LogP contribution in [0.2, 0.25) is 0 Å². The van der Waals surface area contributed by atoms with Gasteiger partial charge < -0.3 is 0 Å². The van der Waals surface area contributed by atoms with Gasteiger partial charge in [-0.05, 0) is 31.5 Å². The van der Waals surface area contributed by atoms with E-state index >= 15 is 0 Å². The van der Waals surface area contributed by atoms with Crippen LogP contribution in [-0.2, 0) is 10.0 Å². The van der Waals surface area contributed by atoms with Crippen molar-refractivity contribution in [2.45, 2.75) is 18.6 Å². The lowest BCUT2D eigenvalue weighted by molar-refractivity contribution is 0.0977. The summed E-state index contributed by atoms with van der Waals surface area (Å²) < 4.78 is 36.4. The van der Waals surface area contributed by atoms with Gasteiger partial charge in [0.05, 0.1) is 5.56 Å². The maximum Gasteiger partial charge on any atom is 0.267 e. The van der Waals surface area contributed by atoms with Crippen molar-refractivity contribution >= 4 is 27.5 Å². The highest BCUT2D eigenvalue weighted by molar-refractivity contribution is 7.91. The Morgan fingerprint density at radius 3 is 2.53 bits per heavy atom. The first-order valence-corrected chi connectivity index (χ1v) is 6.68. The van der Waals surface area contributed by atoms with Gasteiger partial charge in [-0.25, -0.2) is 17.5 Å². The Morgan fingerprint density at radius 1 is 1.47 bits per heavy atom. The molecule has 0 heterocycles. The van der Waals surface area contributed by atoms with E-state index in [1.807, 2.05) is 0 Å². The van der Waals surface area contributed by atoms with E-state index in [1.54, 1.807) is 11.6 Å². The third kappa shape index (κ3) is 3.41. The second-order valence-corrected chi connectivity index (χ2v) is 6.42. The van der Waals surface area contributed by atoms with Crippen molar-refractivity contribution in [1.82, 2.24) is 4.72 Å². The minimum absolute atomic E-state index is 0.337. The SMILES string of the molecule is Cc1ccc(C(=O)NS(=O)(=O)C(C)Cl)c(F)c1. The quantitative estimate of drug-likeness (QED) is 0.858. The van der Waals surface area contributed by atoms with Crippen LogP contribution in [0.4, 0.5) is 4.39 Å². The summed E-state index contributed by atoms with van der Waals surface area (Å²) in [5.74, 6) is -1.81. The highest BCUT2D eigenvalue weighted by Crippen LogP contribution is 2.11. The summed E-state index contributed by atoms with van der Waals surface area (Å²) in [4.78, 5) is 11.5. The van der Waals surface area contributed by atoms with Crippen molar-refractivity contribution in [3.05, 3.63) is 35.1 Å². The Bertz CT molecular complexity index is 542. The number of hydrogen-bond donors (Lipinski definition) is 1. The first-order chi connectivity index (χ1) is 7.74. The van der Waals surface area contributed by atoms with Gasteiger partial charge in [-0.15, -0.1) is 11.6 Å². The highest BCUT2D eigenvalue weighted by Gasteiger charge is 2.23. The number of sulfonamides is 1. The number of amides is 1. The number of alkyl halides is 1. The summed E-state index contributed by atoms with van der Waals surface area (Å²) in [6, 6.07) is 3.87. The maximum atomic E-state index is 13.4. The van der Waals surface area contributed by atoms with Gasteiger partial charge in [-0.3, -0.25) is 4.79 Å². The zero-order valence-electron chi connectivity index (χ0n) is 9.20. The molecule has 94 valence electrons. The van der Waals surface area contributed by atoms with Crippen LogP contribution in [-0.4, -0.2) is 19.0 Å². The lowest BCUT2D eigenvalue weighted by atomic mass is 10.1. The number of aryl methyl sites for hydroxylation is 1. The molecule has 1 amide bonds. The van der Waals surface area contributed by atoms with Crippen molar-refractivity contribution in [3.8, 4) is 0 Å². The molecular weight excluding hydrogens is 269 g/mol. The van der Waals surface area contributed by atoms with Gasteiger partial charge in [0, 0.05) is 0 Å². The van der Waals surface area contributed by atoms with E-state index in [4.69, 9.17) is 11.6 Å². The summed E-state index contributed by atoms with van der Waals surface area (Å²) in [7, 11) is -3.97. The molecule has 0 fully saturated rings. The third-order valence-corrected chi connectivity index (χ3v) is 4.06. The van der Waals surface area contributed by atoms with Gasteiger partial charge in [0.2, 0.25) is 0 Å². The fraction of sp³-hybridized carbons (Fsp3) is 0.300. The molecule has 0 saturated carbocycles. The van der Waals surface area contributed by atoms with Crippen molar-refractivity contribution in [2.24, 2.45) is 0 Å². The number of benzene rings is 1. The average molecular weight is 280 g/mol. The predicted octanol–water partition coefficient (Wildman–Crippen LogP) is 1.78. The van der Waals surface area contributed by atoms with Crippen LogP contribution >= 0.6 is 11.6 Å². The van der Waals surface area contributed by atoms with Crippen molar-refractivity contribution in [3.63, 3.8) is 0 Å². The number of carbonyl (C=O) groups excluding carboxylic acids is 1. The first kappa shape index (κ1) is 13.9. The maximum absolute atomic E-state index is 13.4. The zero-order valence-corrected chi connectivity index (χ0v) is 10.8. The lowest BCUT2D eigenvalue weighted by Crippen LogP contribution is -2.35. The molecule has 0 aliphatic rings. The molecule has 1 N–H and O–H groups in total. The Morgan fingerprint density at radius 2 is 2.06 bits per heavy atom. The Kier molecular flexibility index (Phi) is 4.11. The van der Waals surface area contributed by atoms with E-state index in [-0.39, 0.29) is 5.56 Å². The molecular formula is C10H11ClFNO3S. The van der Waals surface area contributed by atoms with E-state index in [2.05, 4.69) is 0 Å². The van der Waals surface area contributed by atoms with Gasteiger partial charge in [0.25, 0.3) is 15.9 Å². The van der Waals surface area contributed by atoms with Gasteiger partial charge >= 0.3 is 0 Å². The molecule has 1 atom stereocenters. The molecule has 1 unspecified atom stereocenters. The summed E-state index contributed by atoms with van der Waals surface area (Å²) in [5, 5.41) is 0. The number of halogens is 2. The lowest BCUT2D eigenvalue weighted by Gasteiger charge is -2.08. The molecule has 7 heteroatoms. The minimum Gasteiger partial charge on any atom is -0.268 e. The van der Waals surface area contributed by atoms with Gasteiger partial charge in [0.1, 0.15) is 5.82 Å². The summed E-state index contributed by atoms with van der Waals surface area (Å²) in [6.07, 6.45) is 0. The van der Waals surface area contributed by atoms with E-state index in [1.165, 1.54) is 19.1 Å². The molecule has 0 bridgehead atoms. The molecule has 0 aliphatic carbocycles. The predicted molar refractivity (Wildman–Crippen MR) is 62.8 cm³/mol. The molecule has 17 heavy (non-hydrogen) atoms. The van der Waals surface area contributed by atoms with Crippen LogP contribution in [0, 0.1) is 12.7 Å². The topological polar surface area (TPSA) is 63.2 Å². The monoisotopic (exact) mass is 279 g/mol. The molecule has 0 aliphatic heterocycles. The zero-order chi connectivity index (χ0) is 13.2. The number of nitrogens with one attached hydrogen (secondary N) is 1. The fourth-order valence-corrected chi connectivity index (χ4v) is 1.73. The van der Waals surface area contributed by atoms with Crippen LogP contribution < -0.4 is 4.72 Å². The standard InChI is InChI=1S/C10H11ClFNO3S/c1-6-3-4-8(9(12)5-6)10(14)13-17(15,16)7(2)11/h3-5,7H,1-2H3,(H,13,14). The Labute approximate surface area is 104 Å². The largest absolute Gasteiger partial charge is 0.268 e. The van der Waals surface area contributed by atoms with Gasteiger partial charge in [-0.2, -0.15) is 0 Å². The molecule has 0 spiro atoms. The van der Waals surface area contributed by atoms with Crippen molar-refractivity contribution < 1.29 is 17.6 Å². The smallest absolute Gasteiger partial charge is 0.267 e. The second kappa shape index (κ2) is 5.01. The summed E-state index contributed by atoms with van der Waals surface area (Å²) in [5.41, 5.74) is 0.295. The first-order valence-electron chi connectivity index (χ1n) is 4.70. The highest BCUT2D eigenvalue weighted by atomic mass is 35.5. The number of rotatable bonds is 3. The van der Waals surface area contributed by atoms with Crippen LogP contribution in [0.25, 0.3) is 0 Å². The molecule has 4 nitrogen and oxygen atoms in total. The molecule has 0 radical (unpaired) electrons. The van der Waals surface area contributed by atoms with Crippen LogP contribution in [0.3, 0.4) is 0 Å². The second-order valence-electron chi connectivity index (χ2n) is 3.50. The number of carbonyl (C=O) groups is 1. The molecule has 1 rings (SSSR count). The Hall–Kier alpha value is -1.14. The Balaban J connectivity index is 2.99. The third-order valence-electron chi connectivity index (χ3n) is 2.03. The minimum atomic E-state index is -3.97. The summed E-state index contributed by atoms with van der Waals surface area (Å²) >= 11 is 5.37. The summed E-state index contributed by atoms with van der Waals surface area (Å²) in [6.45, 7) is 2.85. The molecule has 0 aromatic heterocycles. The normalized spacial score (nSPS) is 13.2. The molecule has 1 aromatic carbocycles. The van der Waals surface area contributed by atoms with Crippen LogP contribution in [0.15, 0.2) is 18.2 Å². The average Bonchev–Trinajstić information content (AvgIpc) is 2.15. The van der Waals surface area contributed by atoms with E-state index in [9.17, 15) is 17.6 Å². The van der Waals surface area contributed by atoms with Gasteiger partial charge in [-0.1, -0.05) is 6.07 Å². The van der Waals surface area contributed by atoms with E-state index < -0.39 is 26.5 Å². The van der Waals surface area contributed by atoms with Gasteiger partial charge in [0.15, 0.2) is 4.71 Å². The fourth-order valence-electron chi connectivity index (χ4n) is 1.07. The molecule has 1 aromatic rings. The molecule has 0 saturated heterocycles. The van der Waals surface area contributed by atoms with E-state index in [0.29, 0.717) is 5.56 Å². The van der Waals surface area contributed by atoms with Crippen LogP contribution in [0.5, 0.6) is 0 Å².